The van der Waals surface area contributed by atoms with Gasteiger partial charge in [-0.25, -0.2) is 26.3 Å². The molecule has 0 aliphatic rings. The van der Waals surface area contributed by atoms with Gasteiger partial charge in [-0.05, 0) is 90.2 Å². The molecule has 0 spiro atoms. The third-order valence-electron chi connectivity index (χ3n) is 9.48. The van der Waals surface area contributed by atoms with Gasteiger partial charge in [-0.3, -0.25) is 0 Å². The third kappa shape index (κ3) is 7.58. The Kier molecular flexibility index (Phi) is 10.4. The van der Waals surface area contributed by atoms with E-state index < -0.39 is 20.0 Å². The van der Waals surface area contributed by atoms with E-state index >= 15 is 0 Å². The minimum Gasteiger partial charge on any atom is -0.497 e. The van der Waals surface area contributed by atoms with Gasteiger partial charge >= 0.3 is 0 Å². The molecule has 0 saturated heterocycles. The van der Waals surface area contributed by atoms with Gasteiger partial charge in [-0.15, -0.1) is 0 Å². The fraction of sp³-hybridized carbons (Fsp3) is 0.171. The average molecular weight is 749 g/mol. The van der Waals surface area contributed by atoms with Gasteiger partial charge in [0.05, 0.1) is 29.9 Å². The molecule has 53 heavy (non-hydrogen) atoms. The Labute approximate surface area is 309 Å². The molecule has 0 bridgehead atoms. The lowest BCUT2D eigenvalue weighted by molar-refractivity contribution is 0.414. The van der Waals surface area contributed by atoms with Gasteiger partial charge in [0.15, 0.2) is 0 Å². The summed E-state index contributed by atoms with van der Waals surface area (Å²) >= 11 is 0. The topological polar surface area (TPSA) is 142 Å². The van der Waals surface area contributed by atoms with Crippen LogP contribution < -0.4 is 18.9 Å². The number of fused-ring (bicyclic) bond motifs is 2. The maximum atomic E-state index is 13.3. The van der Waals surface area contributed by atoms with E-state index in [4.69, 9.17) is 9.47 Å². The van der Waals surface area contributed by atoms with E-state index in [1.807, 2.05) is 66.7 Å². The highest BCUT2D eigenvalue weighted by Gasteiger charge is 2.28. The van der Waals surface area contributed by atoms with Crippen LogP contribution in [0.2, 0.25) is 0 Å². The second-order valence-electron chi connectivity index (χ2n) is 12.6. The van der Waals surface area contributed by atoms with Crippen LogP contribution in [-0.4, -0.2) is 54.1 Å². The first-order chi connectivity index (χ1) is 25.7. The number of hydrogen-bond donors (Lipinski definition) is 4. The molecular weight excluding hydrogens is 709 g/mol. The van der Waals surface area contributed by atoms with Crippen molar-refractivity contribution in [3.05, 3.63) is 155 Å². The molecule has 0 atom stereocenters. The van der Waals surface area contributed by atoms with Crippen molar-refractivity contribution in [2.75, 3.05) is 27.3 Å². The first-order valence-electron chi connectivity index (χ1n) is 17.2. The van der Waals surface area contributed by atoms with E-state index in [9.17, 15) is 16.8 Å². The molecule has 0 aliphatic carbocycles. The Bertz CT molecular complexity index is 2400. The minimum absolute atomic E-state index is 0.157. The monoisotopic (exact) mass is 748 g/mol. The lowest BCUT2D eigenvalue weighted by Crippen LogP contribution is -2.26. The molecule has 0 saturated carbocycles. The van der Waals surface area contributed by atoms with E-state index in [0.29, 0.717) is 24.3 Å². The summed E-state index contributed by atoms with van der Waals surface area (Å²) in [5, 5.41) is 1.99. The van der Waals surface area contributed by atoms with Crippen LogP contribution in [0, 0.1) is 0 Å². The standard InChI is InChI=1S/C41H40N4O6S2/c1-50-29-16-20-31(21-17-29)52(46,47)42-26-24-35-33-12-6-8-14-37(33)44-40(35)39(28-10-4-3-5-11-28)41-36(34-13-7-9-15-38(34)45-41)25-27-43-53(48,49)32-22-18-30(51-2)19-23-32/h3-23,39,42-45H,24-27H2,1-2H3. The van der Waals surface area contributed by atoms with Crippen molar-refractivity contribution >= 4 is 41.9 Å². The number of benzene rings is 5. The molecule has 10 nitrogen and oxygen atoms in total. The highest BCUT2D eigenvalue weighted by Crippen LogP contribution is 2.40. The molecule has 12 heteroatoms. The van der Waals surface area contributed by atoms with Gasteiger partial charge in [0.1, 0.15) is 11.5 Å². The number of aromatic nitrogens is 2. The lowest BCUT2D eigenvalue weighted by atomic mass is 9.86. The van der Waals surface area contributed by atoms with Gasteiger partial charge in [0.2, 0.25) is 20.0 Å². The van der Waals surface area contributed by atoms with Crippen molar-refractivity contribution in [1.29, 1.82) is 0 Å². The largest absolute Gasteiger partial charge is 0.497 e. The second kappa shape index (κ2) is 15.3. The summed E-state index contributed by atoms with van der Waals surface area (Å²) in [7, 11) is -4.50. The highest BCUT2D eigenvalue weighted by atomic mass is 32.2. The van der Waals surface area contributed by atoms with Gasteiger partial charge in [-0.1, -0.05) is 66.7 Å². The lowest BCUT2D eigenvalue weighted by Gasteiger charge is -2.20. The Hall–Kier alpha value is -5.40. The number of H-pyrrole nitrogens is 2. The van der Waals surface area contributed by atoms with Gasteiger partial charge in [-0.2, -0.15) is 0 Å². The summed E-state index contributed by atoms with van der Waals surface area (Å²) in [5.74, 6) is 0.827. The van der Waals surface area contributed by atoms with E-state index in [1.54, 1.807) is 24.3 Å². The molecule has 0 radical (unpaired) electrons. The first kappa shape index (κ1) is 36.0. The molecule has 0 amide bonds. The molecule has 2 aromatic heterocycles. The molecule has 7 aromatic rings. The summed E-state index contributed by atoms with van der Waals surface area (Å²) in [6.45, 7) is 0.328. The van der Waals surface area contributed by atoms with E-state index in [2.05, 4.69) is 31.5 Å². The van der Waals surface area contributed by atoms with Crippen LogP contribution in [0.25, 0.3) is 21.8 Å². The zero-order valence-electron chi connectivity index (χ0n) is 29.3. The minimum atomic E-state index is -3.78. The maximum Gasteiger partial charge on any atom is 0.240 e. The molecular formula is C41H40N4O6S2. The Balaban J connectivity index is 1.26. The summed E-state index contributed by atoms with van der Waals surface area (Å²) in [4.78, 5) is 7.72. The SMILES string of the molecule is COc1ccc(S(=O)(=O)NCCc2c(C(c3ccccc3)c3[nH]c4ccccc4c3CCNS(=O)(=O)c3ccc(OC)cc3)[nH]c3ccccc23)cc1. The number of para-hydroxylation sites is 2. The van der Waals surface area contributed by atoms with Gasteiger partial charge in [0.25, 0.3) is 0 Å². The molecule has 7 rings (SSSR count). The molecule has 0 aliphatic heterocycles. The number of sulfonamides is 2. The van der Waals surface area contributed by atoms with E-state index in [0.717, 1.165) is 49.9 Å². The van der Waals surface area contributed by atoms with Gasteiger partial charge in [0, 0.05) is 46.3 Å². The Morgan fingerprint density at radius 2 is 0.925 bits per heavy atom. The predicted molar refractivity (Wildman–Crippen MR) is 208 cm³/mol. The first-order valence-corrected chi connectivity index (χ1v) is 20.2. The summed E-state index contributed by atoms with van der Waals surface area (Å²) in [5.41, 5.74) is 6.70. The Morgan fingerprint density at radius 3 is 1.34 bits per heavy atom. The summed E-state index contributed by atoms with van der Waals surface area (Å²) < 4.78 is 69.2. The summed E-state index contributed by atoms with van der Waals surface area (Å²) in [6.07, 6.45) is 0.824. The molecule has 0 fully saturated rings. The van der Waals surface area contributed by atoms with Crippen molar-refractivity contribution in [2.24, 2.45) is 0 Å². The van der Waals surface area contributed by atoms with Crippen LogP contribution in [0.5, 0.6) is 11.5 Å². The van der Waals surface area contributed by atoms with Crippen LogP contribution in [0.15, 0.2) is 137 Å². The quantitative estimate of drug-likeness (QED) is 0.0900. The highest BCUT2D eigenvalue weighted by molar-refractivity contribution is 7.89. The fourth-order valence-electron chi connectivity index (χ4n) is 6.89. The van der Waals surface area contributed by atoms with Crippen molar-refractivity contribution in [3.63, 3.8) is 0 Å². The zero-order chi connectivity index (χ0) is 37.0. The third-order valence-corrected chi connectivity index (χ3v) is 12.4. The van der Waals surface area contributed by atoms with Crippen LogP contribution in [-0.2, 0) is 32.9 Å². The van der Waals surface area contributed by atoms with Crippen LogP contribution in [0.4, 0.5) is 0 Å². The molecule has 272 valence electrons. The number of aromatic amines is 2. The zero-order valence-corrected chi connectivity index (χ0v) is 30.9. The molecule has 5 aromatic carbocycles. The summed E-state index contributed by atoms with van der Waals surface area (Å²) in [6, 6.07) is 38.8. The number of methoxy groups -OCH3 is 2. The number of ether oxygens (including phenoxy) is 2. The second-order valence-corrected chi connectivity index (χ2v) is 16.1. The van der Waals surface area contributed by atoms with Crippen molar-refractivity contribution in [2.45, 2.75) is 28.6 Å². The Morgan fingerprint density at radius 1 is 0.528 bits per heavy atom. The smallest absolute Gasteiger partial charge is 0.240 e. The average Bonchev–Trinajstić information content (AvgIpc) is 3.73. The van der Waals surface area contributed by atoms with Crippen molar-refractivity contribution in [1.82, 2.24) is 19.4 Å². The van der Waals surface area contributed by atoms with Gasteiger partial charge < -0.3 is 19.4 Å². The fourth-order valence-corrected chi connectivity index (χ4v) is 8.96. The van der Waals surface area contributed by atoms with E-state index in [-0.39, 0.29) is 28.8 Å². The molecule has 0 unspecified atom stereocenters. The van der Waals surface area contributed by atoms with Crippen LogP contribution >= 0.6 is 0 Å². The van der Waals surface area contributed by atoms with Crippen LogP contribution in [0.3, 0.4) is 0 Å². The number of hydrogen-bond acceptors (Lipinski definition) is 6. The maximum absolute atomic E-state index is 13.3. The van der Waals surface area contributed by atoms with Crippen molar-refractivity contribution < 1.29 is 26.3 Å². The molecule has 2 heterocycles. The predicted octanol–water partition coefficient (Wildman–Crippen LogP) is 6.89. The van der Waals surface area contributed by atoms with E-state index in [1.165, 1.54) is 38.5 Å². The number of rotatable bonds is 15. The van der Waals surface area contributed by atoms with Crippen molar-refractivity contribution in [3.8, 4) is 11.5 Å². The number of nitrogens with one attached hydrogen (secondary N) is 4. The van der Waals surface area contributed by atoms with Crippen LogP contribution in [0.1, 0.15) is 34.0 Å². The normalized spacial score (nSPS) is 12.1. The molecule has 4 N–H and O–H groups in total.